The maximum absolute atomic E-state index is 5.23. The number of methoxy groups -OCH3 is 1. The van der Waals surface area contributed by atoms with Crippen LogP contribution in [0.1, 0.15) is 17.2 Å². The number of benzene rings is 1. The molecule has 1 aliphatic rings. The summed E-state index contributed by atoms with van der Waals surface area (Å²) in [5, 5.41) is 0. The second-order valence-electron chi connectivity index (χ2n) is 2.57. The molecule has 0 bridgehead atoms. The summed E-state index contributed by atoms with van der Waals surface area (Å²) in [6.07, 6.45) is 4.28. The quantitative estimate of drug-likeness (QED) is 0.588. The molecule has 0 heterocycles. The molecule has 0 fully saturated rings. The topological polar surface area (TPSA) is 9.23 Å². The third-order valence-electron chi connectivity index (χ3n) is 1.94. The van der Waals surface area contributed by atoms with E-state index in [1.165, 1.54) is 11.1 Å². The van der Waals surface area contributed by atoms with Gasteiger partial charge < -0.3 is 4.74 Å². The van der Waals surface area contributed by atoms with Crippen LogP contribution in [-0.2, 0) is 4.74 Å². The van der Waals surface area contributed by atoms with Crippen LogP contribution in [0.3, 0.4) is 0 Å². The van der Waals surface area contributed by atoms with Crippen molar-refractivity contribution in [2.45, 2.75) is 6.10 Å². The molecule has 1 aromatic rings. The van der Waals surface area contributed by atoms with Crippen LogP contribution in [0.5, 0.6) is 0 Å². The number of ether oxygens (including phenoxy) is 1. The maximum Gasteiger partial charge on any atom is 0.101 e. The van der Waals surface area contributed by atoms with Crippen LogP contribution in [0.15, 0.2) is 24.3 Å². The zero-order chi connectivity index (χ0) is 7.68. The smallest absolute Gasteiger partial charge is 0.101 e. The second kappa shape index (κ2) is 2.51. The highest BCUT2D eigenvalue weighted by molar-refractivity contribution is 5.61. The summed E-state index contributed by atoms with van der Waals surface area (Å²) in [4.78, 5) is 0. The molecule has 55 valence electrons. The van der Waals surface area contributed by atoms with E-state index >= 15 is 0 Å². The molecule has 1 radical (unpaired) electrons. The van der Waals surface area contributed by atoms with E-state index in [9.17, 15) is 0 Å². The molecular formula is C10H9O. The third kappa shape index (κ3) is 0.976. The van der Waals surface area contributed by atoms with E-state index in [0.717, 1.165) is 0 Å². The van der Waals surface area contributed by atoms with Crippen molar-refractivity contribution in [1.82, 2.24) is 0 Å². The molecule has 1 atom stereocenters. The first-order chi connectivity index (χ1) is 5.42. The first kappa shape index (κ1) is 6.62. The van der Waals surface area contributed by atoms with Gasteiger partial charge in [0.05, 0.1) is 0 Å². The van der Waals surface area contributed by atoms with Crippen molar-refractivity contribution >= 4 is 6.08 Å². The fourth-order valence-corrected chi connectivity index (χ4v) is 1.35. The molecule has 1 aromatic carbocycles. The first-order valence-corrected chi connectivity index (χ1v) is 3.63. The lowest BCUT2D eigenvalue weighted by atomic mass is 10.1. The van der Waals surface area contributed by atoms with Crippen LogP contribution < -0.4 is 0 Å². The molecular weight excluding hydrogens is 136 g/mol. The zero-order valence-electron chi connectivity index (χ0n) is 6.37. The van der Waals surface area contributed by atoms with Gasteiger partial charge in [-0.15, -0.1) is 0 Å². The summed E-state index contributed by atoms with van der Waals surface area (Å²) >= 11 is 0. The molecule has 0 saturated carbocycles. The number of hydrogen-bond donors (Lipinski definition) is 0. The maximum atomic E-state index is 5.23. The molecule has 1 unspecified atom stereocenters. The lowest BCUT2D eigenvalue weighted by Crippen LogP contribution is -1.94. The van der Waals surface area contributed by atoms with Crippen LogP contribution in [-0.4, -0.2) is 7.11 Å². The molecule has 0 amide bonds. The number of rotatable bonds is 1. The monoisotopic (exact) mass is 145 g/mol. The summed E-state index contributed by atoms with van der Waals surface area (Å²) in [5.41, 5.74) is 2.46. The predicted octanol–water partition coefficient (Wildman–Crippen LogP) is 2.20. The van der Waals surface area contributed by atoms with E-state index < -0.39 is 0 Å². The average Bonchev–Trinajstić information content (AvgIpc) is 2.47. The number of fused-ring (bicyclic) bond motifs is 1. The Morgan fingerprint density at radius 2 is 2.45 bits per heavy atom. The second-order valence-corrected chi connectivity index (χ2v) is 2.57. The molecule has 0 saturated heterocycles. The molecule has 0 aliphatic heterocycles. The molecule has 0 spiro atoms. The van der Waals surface area contributed by atoms with Crippen LogP contribution in [0.4, 0.5) is 0 Å². The molecule has 1 nitrogen and oxygen atoms in total. The molecule has 2 rings (SSSR count). The van der Waals surface area contributed by atoms with Gasteiger partial charge in [0.1, 0.15) is 6.10 Å². The summed E-state index contributed by atoms with van der Waals surface area (Å²) in [7, 11) is 1.72. The Labute approximate surface area is 66.3 Å². The minimum Gasteiger partial charge on any atom is -0.373 e. The summed E-state index contributed by atoms with van der Waals surface area (Å²) in [6, 6.07) is 8.98. The van der Waals surface area contributed by atoms with Crippen molar-refractivity contribution in [2.24, 2.45) is 0 Å². The van der Waals surface area contributed by atoms with E-state index in [-0.39, 0.29) is 6.10 Å². The molecule has 0 N–H and O–H groups in total. The summed E-state index contributed by atoms with van der Waals surface area (Å²) in [5.74, 6) is 0. The van der Waals surface area contributed by atoms with Gasteiger partial charge in [-0.25, -0.2) is 0 Å². The van der Waals surface area contributed by atoms with Crippen LogP contribution in [0, 0.1) is 6.07 Å². The SMILES string of the molecule is COC1C=Cc2cc[c]cc21. The van der Waals surface area contributed by atoms with E-state index in [4.69, 9.17) is 4.74 Å². The third-order valence-corrected chi connectivity index (χ3v) is 1.94. The van der Waals surface area contributed by atoms with Crippen molar-refractivity contribution in [3.8, 4) is 0 Å². The molecule has 1 aliphatic carbocycles. The lowest BCUT2D eigenvalue weighted by molar-refractivity contribution is 0.145. The van der Waals surface area contributed by atoms with E-state index in [0.29, 0.717) is 0 Å². The Bertz CT molecular complexity index is 289. The minimum absolute atomic E-state index is 0.141. The normalized spacial score (nSPS) is 20.3. The van der Waals surface area contributed by atoms with Crippen molar-refractivity contribution in [2.75, 3.05) is 7.11 Å². The van der Waals surface area contributed by atoms with Crippen molar-refractivity contribution in [3.63, 3.8) is 0 Å². The Morgan fingerprint density at radius 1 is 1.55 bits per heavy atom. The Morgan fingerprint density at radius 3 is 3.27 bits per heavy atom. The van der Waals surface area contributed by atoms with Crippen molar-refractivity contribution < 1.29 is 4.74 Å². The highest BCUT2D eigenvalue weighted by Crippen LogP contribution is 2.29. The lowest BCUT2D eigenvalue weighted by Gasteiger charge is -2.06. The van der Waals surface area contributed by atoms with Gasteiger partial charge in [0.2, 0.25) is 0 Å². The predicted molar refractivity (Wildman–Crippen MR) is 44.1 cm³/mol. The van der Waals surface area contributed by atoms with Crippen molar-refractivity contribution in [1.29, 1.82) is 0 Å². The molecule has 11 heavy (non-hydrogen) atoms. The van der Waals surface area contributed by atoms with Gasteiger partial charge in [-0.2, -0.15) is 0 Å². The van der Waals surface area contributed by atoms with Gasteiger partial charge in [-0.3, -0.25) is 0 Å². The standard InChI is InChI=1S/C10H9O/c1-11-10-7-6-8-4-2-3-5-9(8)10/h2,4-7,10H,1H3. The van der Waals surface area contributed by atoms with Crippen LogP contribution in [0.2, 0.25) is 0 Å². The van der Waals surface area contributed by atoms with Gasteiger partial charge in [0.15, 0.2) is 0 Å². The Kier molecular flexibility index (Phi) is 1.51. The van der Waals surface area contributed by atoms with Gasteiger partial charge in [0, 0.05) is 7.11 Å². The van der Waals surface area contributed by atoms with Crippen LogP contribution in [0.25, 0.3) is 6.08 Å². The Balaban J connectivity index is 2.46. The number of hydrogen-bond acceptors (Lipinski definition) is 1. The van der Waals surface area contributed by atoms with Crippen LogP contribution >= 0.6 is 0 Å². The average molecular weight is 145 g/mol. The highest BCUT2D eigenvalue weighted by atomic mass is 16.5. The Hall–Kier alpha value is -1.08. The minimum atomic E-state index is 0.141. The van der Waals surface area contributed by atoms with Crippen molar-refractivity contribution in [3.05, 3.63) is 41.5 Å². The molecule has 1 heteroatoms. The zero-order valence-corrected chi connectivity index (χ0v) is 6.37. The van der Waals surface area contributed by atoms with E-state index in [2.05, 4.69) is 18.2 Å². The highest BCUT2D eigenvalue weighted by Gasteiger charge is 2.14. The fourth-order valence-electron chi connectivity index (χ4n) is 1.35. The van der Waals surface area contributed by atoms with Gasteiger partial charge in [-0.1, -0.05) is 24.3 Å². The van der Waals surface area contributed by atoms with Gasteiger partial charge >= 0.3 is 0 Å². The van der Waals surface area contributed by atoms with E-state index in [1.54, 1.807) is 7.11 Å². The largest absolute Gasteiger partial charge is 0.373 e. The summed E-state index contributed by atoms with van der Waals surface area (Å²) < 4.78 is 5.23. The van der Waals surface area contributed by atoms with Gasteiger partial charge in [0.25, 0.3) is 0 Å². The fraction of sp³-hybridized carbons (Fsp3) is 0.200. The van der Waals surface area contributed by atoms with E-state index in [1.807, 2.05) is 18.2 Å². The summed E-state index contributed by atoms with van der Waals surface area (Å²) in [6.45, 7) is 0. The molecule has 0 aromatic heterocycles. The first-order valence-electron chi connectivity index (χ1n) is 3.63. The van der Waals surface area contributed by atoms with Gasteiger partial charge in [-0.05, 0) is 23.3 Å².